The van der Waals surface area contributed by atoms with E-state index in [1.807, 2.05) is 6.07 Å². The fraction of sp³-hybridized carbons (Fsp3) is 0. The van der Waals surface area contributed by atoms with Crippen LogP contribution >= 0.6 is 0 Å². The molecule has 0 N–H and O–H groups in total. The van der Waals surface area contributed by atoms with Crippen molar-refractivity contribution in [3.63, 3.8) is 0 Å². The van der Waals surface area contributed by atoms with Gasteiger partial charge in [-0.3, -0.25) is 4.79 Å². The maximum absolute atomic E-state index is 10.5. The SMILES string of the molecule is N#Cc1ccnc(Oc2ccc(C=O)cc2)c1. The van der Waals surface area contributed by atoms with E-state index >= 15 is 0 Å². The van der Waals surface area contributed by atoms with Gasteiger partial charge in [0.1, 0.15) is 12.0 Å². The van der Waals surface area contributed by atoms with E-state index in [0.717, 1.165) is 6.29 Å². The average Bonchev–Trinajstić information content (AvgIpc) is 2.40. The highest BCUT2D eigenvalue weighted by molar-refractivity contribution is 5.74. The highest BCUT2D eigenvalue weighted by Gasteiger charge is 2.00. The molecule has 4 heteroatoms. The number of hydrogen-bond donors (Lipinski definition) is 0. The van der Waals surface area contributed by atoms with Gasteiger partial charge in [0, 0.05) is 17.8 Å². The molecule has 0 fully saturated rings. The first-order valence-corrected chi connectivity index (χ1v) is 4.91. The summed E-state index contributed by atoms with van der Waals surface area (Å²) in [5, 5.41) is 8.72. The first-order chi connectivity index (χ1) is 8.31. The highest BCUT2D eigenvalue weighted by atomic mass is 16.5. The van der Waals surface area contributed by atoms with E-state index in [2.05, 4.69) is 4.98 Å². The molecule has 0 saturated heterocycles. The zero-order chi connectivity index (χ0) is 12.1. The summed E-state index contributed by atoms with van der Waals surface area (Å²) in [6.07, 6.45) is 2.27. The molecular formula is C13H8N2O2. The van der Waals surface area contributed by atoms with Gasteiger partial charge in [0.15, 0.2) is 0 Å². The van der Waals surface area contributed by atoms with Gasteiger partial charge in [-0.05, 0) is 30.3 Å². The molecule has 82 valence electrons. The summed E-state index contributed by atoms with van der Waals surface area (Å²) in [5.74, 6) is 0.918. The Hall–Kier alpha value is -2.67. The summed E-state index contributed by atoms with van der Waals surface area (Å²) in [4.78, 5) is 14.5. The minimum atomic E-state index is 0.350. The van der Waals surface area contributed by atoms with Gasteiger partial charge in [-0.2, -0.15) is 5.26 Å². The van der Waals surface area contributed by atoms with Crippen LogP contribution in [0.1, 0.15) is 15.9 Å². The fourth-order valence-electron chi connectivity index (χ4n) is 1.27. The van der Waals surface area contributed by atoms with Gasteiger partial charge >= 0.3 is 0 Å². The molecule has 0 amide bonds. The molecule has 0 aliphatic heterocycles. The van der Waals surface area contributed by atoms with Gasteiger partial charge in [0.05, 0.1) is 11.6 Å². The van der Waals surface area contributed by atoms with Crippen LogP contribution in [0, 0.1) is 11.3 Å². The molecule has 0 spiro atoms. The second-order valence-electron chi connectivity index (χ2n) is 3.28. The van der Waals surface area contributed by atoms with Crippen LogP contribution in [0.2, 0.25) is 0 Å². The van der Waals surface area contributed by atoms with Gasteiger partial charge in [0.2, 0.25) is 5.88 Å². The molecule has 2 rings (SSSR count). The maximum Gasteiger partial charge on any atom is 0.220 e. The molecule has 4 nitrogen and oxygen atoms in total. The minimum Gasteiger partial charge on any atom is -0.439 e. The lowest BCUT2D eigenvalue weighted by molar-refractivity contribution is 0.112. The molecule has 1 aromatic heterocycles. The smallest absolute Gasteiger partial charge is 0.220 e. The minimum absolute atomic E-state index is 0.350. The average molecular weight is 224 g/mol. The molecule has 1 heterocycles. The fourth-order valence-corrected chi connectivity index (χ4v) is 1.27. The Morgan fingerprint density at radius 2 is 2.00 bits per heavy atom. The van der Waals surface area contributed by atoms with Crippen molar-refractivity contribution >= 4 is 6.29 Å². The van der Waals surface area contributed by atoms with Crippen LogP contribution in [-0.2, 0) is 0 Å². The van der Waals surface area contributed by atoms with Crippen molar-refractivity contribution in [2.75, 3.05) is 0 Å². The summed E-state index contributed by atoms with van der Waals surface area (Å²) in [6.45, 7) is 0. The second kappa shape index (κ2) is 4.90. The number of rotatable bonds is 3. The summed E-state index contributed by atoms with van der Waals surface area (Å²) in [6, 6.07) is 11.8. The Kier molecular flexibility index (Phi) is 3.13. The Balaban J connectivity index is 2.19. The van der Waals surface area contributed by atoms with Crippen molar-refractivity contribution in [2.45, 2.75) is 0 Å². The van der Waals surface area contributed by atoms with E-state index in [4.69, 9.17) is 10.00 Å². The van der Waals surface area contributed by atoms with Gasteiger partial charge in [-0.25, -0.2) is 4.98 Å². The Morgan fingerprint density at radius 3 is 2.65 bits per heavy atom. The molecule has 0 unspecified atom stereocenters. The standard InChI is InChI=1S/C13H8N2O2/c14-8-11-5-6-15-13(7-11)17-12-3-1-10(9-16)2-4-12/h1-7,9H. The normalized spacial score (nSPS) is 9.35. The Morgan fingerprint density at radius 1 is 1.24 bits per heavy atom. The van der Waals surface area contributed by atoms with Crippen molar-refractivity contribution in [3.8, 4) is 17.7 Å². The summed E-state index contributed by atoms with van der Waals surface area (Å²) >= 11 is 0. The third-order valence-electron chi connectivity index (χ3n) is 2.10. The van der Waals surface area contributed by atoms with E-state index in [-0.39, 0.29) is 0 Å². The number of carbonyl (C=O) groups is 1. The molecule has 0 aliphatic rings. The van der Waals surface area contributed by atoms with E-state index < -0.39 is 0 Å². The van der Waals surface area contributed by atoms with E-state index in [0.29, 0.717) is 22.8 Å². The topological polar surface area (TPSA) is 63.0 Å². The predicted octanol–water partition coefficient (Wildman–Crippen LogP) is 2.56. The molecule has 17 heavy (non-hydrogen) atoms. The van der Waals surface area contributed by atoms with Crippen molar-refractivity contribution in [3.05, 3.63) is 53.7 Å². The Labute approximate surface area is 98.1 Å². The van der Waals surface area contributed by atoms with Crippen LogP contribution in [0.15, 0.2) is 42.6 Å². The molecule has 2 aromatic rings. The van der Waals surface area contributed by atoms with Crippen LogP contribution in [0.4, 0.5) is 0 Å². The number of nitriles is 1. The summed E-state index contributed by atoms with van der Waals surface area (Å²) in [5.41, 5.74) is 1.07. The van der Waals surface area contributed by atoms with Gasteiger partial charge in [-0.1, -0.05) is 0 Å². The van der Waals surface area contributed by atoms with Crippen LogP contribution < -0.4 is 4.74 Å². The number of hydrogen-bond acceptors (Lipinski definition) is 4. The summed E-state index contributed by atoms with van der Waals surface area (Å²) in [7, 11) is 0. The second-order valence-corrected chi connectivity index (χ2v) is 3.28. The number of carbonyl (C=O) groups excluding carboxylic acids is 1. The van der Waals surface area contributed by atoms with Crippen molar-refractivity contribution < 1.29 is 9.53 Å². The largest absolute Gasteiger partial charge is 0.439 e. The van der Waals surface area contributed by atoms with E-state index in [1.165, 1.54) is 6.20 Å². The van der Waals surface area contributed by atoms with E-state index in [9.17, 15) is 4.79 Å². The van der Waals surface area contributed by atoms with Crippen LogP contribution in [-0.4, -0.2) is 11.3 Å². The number of aromatic nitrogens is 1. The number of ether oxygens (including phenoxy) is 1. The quantitative estimate of drug-likeness (QED) is 0.751. The zero-order valence-electron chi connectivity index (χ0n) is 8.83. The maximum atomic E-state index is 10.5. The van der Waals surface area contributed by atoms with Crippen LogP contribution in [0.5, 0.6) is 11.6 Å². The third-order valence-corrected chi connectivity index (χ3v) is 2.10. The molecule has 0 bridgehead atoms. The van der Waals surface area contributed by atoms with Gasteiger partial charge in [0.25, 0.3) is 0 Å². The number of aldehydes is 1. The lowest BCUT2D eigenvalue weighted by Crippen LogP contribution is -1.89. The highest BCUT2D eigenvalue weighted by Crippen LogP contribution is 2.19. The summed E-state index contributed by atoms with van der Waals surface area (Å²) < 4.78 is 5.44. The van der Waals surface area contributed by atoms with Gasteiger partial charge in [-0.15, -0.1) is 0 Å². The number of benzene rings is 1. The third kappa shape index (κ3) is 2.67. The lowest BCUT2D eigenvalue weighted by Gasteiger charge is -2.04. The van der Waals surface area contributed by atoms with Crippen LogP contribution in [0.25, 0.3) is 0 Å². The van der Waals surface area contributed by atoms with Crippen molar-refractivity contribution in [1.82, 2.24) is 4.98 Å². The molecule has 0 radical (unpaired) electrons. The van der Waals surface area contributed by atoms with Crippen LogP contribution in [0.3, 0.4) is 0 Å². The molecule has 1 aromatic carbocycles. The number of nitrogens with zero attached hydrogens (tertiary/aromatic N) is 2. The van der Waals surface area contributed by atoms with E-state index in [1.54, 1.807) is 36.4 Å². The predicted molar refractivity (Wildman–Crippen MR) is 60.9 cm³/mol. The Bertz CT molecular complexity index is 571. The molecule has 0 atom stereocenters. The lowest BCUT2D eigenvalue weighted by atomic mass is 10.2. The first kappa shape index (κ1) is 10.8. The molecule has 0 saturated carbocycles. The van der Waals surface area contributed by atoms with Gasteiger partial charge < -0.3 is 4.74 Å². The monoisotopic (exact) mass is 224 g/mol. The zero-order valence-corrected chi connectivity index (χ0v) is 8.83. The number of pyridine rings is 1. The molecular weight excluding hydrogens is 216 g/mol. The first-order valence-electron chi connectivity index (χ1n) is 4.91. The molecule has 0 aliphatic carbocycles. The van der Waals surface area contributed by atoms with Crippen molar-refractivity contribution in [2.24, 2.45) is 0 Å². The van der Waals surface area contributed by atoms with Crippen molar-refractivity contribution in [1.29, 1.82) is 5.26 Å².